The van der Waals surface area contributed by atoms with Crippen LogP contribution < -0.4 is 4.90 Å². The average molecular weight is 631 g/mol. The SMILES string of the molecule is Cn1c2cc(C3=CCC(c4ccc(N(c5ccc(-c6ccccc6)cc5)C5C=CC=CC5)cc4)C=C3)ccc2c2c3ccccc3ccc21. The Labute approximate surface area is 288 Å². The van der Waals surface area contributed by atoms with Crippen LogP contribution in [0.3, 0.4) is 0 Å². The third-order valence-corrected chi connectivity index (χ3v) is 10.5. The molecule has 0 aliphatic heterocycles. The van der Waals surface area contributed by atoms with Gasteiger partial charge in [0.15, 0.2) is 0 Å². The van der Waals surface area contributed by atoms with Gasteiger partial charge in [-0.2, -0.15) is 0 Å². The monoisotopic (exact) mass is 630 g/mol. The molecular formula is C47H38N2. The fourth-order valence-electron chi connectivity index (χ4n) is 7.85. The summed E-state index contributed by atoms with van der Waals surface area (Å²) in [6, 6.07) is 49.3. The first kappa shape index (κ1) is 29.3. The normalized spacial score (nSPS) is 17.2. The van der Waals surface area contributed by atoms with E-state index in [2.05, 4.69) is 193 Å². The number of hydrogen-bond acceptors (Lipinski definition) is 1. The maximum atomic E-state index is 2.47. The molecule has 0 spiro atoms. The van der Waals surface area contributed by atoms with Gasteiger partial charge < -0.3 is 9.47 Å². The highest BCUT2D eigenvalue weighted by atomic mass is 15.2. The van der Waals surface area contributed by atoms with Crippen molar-refractivity contribution in [1.82, 2.24) is 4.57 Å². The van der Waals surface area contributed by atoms with Crippen LogP contribution in [0.25, 0.3) is 49.3 Å². The maximum absolute atomic E-state index is 2.47. The van der Waals surface area contributed by atoms with Crippen molar-refractivity contribution >= 4 is 49.5 Å². The Morgan fingerprint density at radius 2 is 1.33 bits per heavy atom. The highest BCUT2D eigenvalue weighted by molar-refractivity contribution is 6.20. The van der Waals surface area contributed by atoms with E-state index in [1.807, 2.05) is 0 Å². The van der Waals surface area contributed by atoms with E-state index in [0.29, 0.717) is 5.92 Å². The fraction of sp³-hybridized carbons (Fsp3) is 0.106. The van der Waals surface area contributed by atoms with Crippen molar-refractivity contribution in [2.45, 2.75) is 24.8 Å². The summed E-state index contributed by atoms with van der Waals surface area (Å²) >= 11 is 0. The van der Waals surface area contributed by atoms with Crippen LogP contribution in [0.4, 0.5) is 11.4 Å². The summed E-state index contributed by atoms with van der Waals surface area (Å²) in [4.78, 5) is 2.47. The van der Waals surface area contributed by atoms with Crippen molar-refractivity contribution in [2.75, 3.05) is 4.90 Å². The van der Waals surface area contributed by atoms with E-state index in [4.69, 9.17) is 0 Å². The molecule has 49 heavy (non-hydrogen) atoms. The Balaban J connectivity index is 0.966. The molecule has 0 bridgehead atoms. The molecule has 0 amide bonds. The minimum absolute atomic E-state index is 0.274. The Morgan fingerprint density at radius 3 is 2.08 bits per heavy atom. The van der Waals surface area contributed by atoms with Gasteiger partial charge in [0.25, 0.3) is 0 Å². The highest BCUT2D eigenvalue weighted by Gasteiger charge is 2.21. The van der Waals surface area contributed by atoms with Crippen LogP contribution in [0.2, 0.25) is 0 Å². The van der Waals surface area contributed by atoms with Gasteiger partial charge >= 0.3 is 0 Å². The van der Waals surface area contributed by atoms with Crippen molar-refractivity contribution in [3.05, 3.63) is 187 Å². The fourth-order valence-corrected chi connectivity index (χ4v) is 7.85. The Kier molecular flexibility index (Phi) is 7.35. The van der Waals surface area contributed by atoms with Crippen molar-refractivity contribution in [3.8, 4) is 11.1 Å². The number of nitrogens with zero attached hydrogens (tertiary/aromatic N) is 2. The zero-order valence-electron chi connectivity index (χ0n) is 27.7. The summed E-state index contributed by atoms with van der Waals surface area (Å²) in [5.41, 5.74) is 11.4. The van der Waals surface area contributed by atoms with Gasteiger partial charge in [-0.15, -0.1) is 0 Å². The summed E-state index contributed by atoms with van der Waals surface area (Å²) in [6.07, 6.45) is 18.0. The van der Waals surface area contributed by atoms with Gasteiger partial charge in [0.05, 0.1) is 6.04 Å². The quantitative estimate of drug-likeness (QED) is 0.177. The topological polar surface area (TPSA) is 8.17 Å². The minimum atomic E-state index is 0.274. The molecule has 6 aromatic carbocycles. The predicted molar refractivity (Wildman–Crippen MR) is 210 cm³/mol. The standard InChI is InChI=1S/C47H38N2/c1-48-45-31-25-38-12-8-9-15-43(38)47(45)44-30-24-39(32-46(44)48)37-18-16-34(17-19-37)36-22-28-42(29-23-36)49(40-13-6-3-7-14-40)41-26-20-35(21-27-41)33-10-4-2-5-11-33/h2-13,15-16,18-32,34,40H,14,17H2,1H3. The second-order valence-corrected chi connectivity index (χ2v) is 13.3. The molecular weight excluding hydrogens is 593 g/mol. The van der Waals surface area contributed by atoms with E-state index in [1.54, 1.807) is 0 Å². The molecule has 0 N–H and O–H groups in total. The van der Waals surface area contributed by atoms with E-state index < -0.39 is 0 Å². The third kappa shape index (κ3) is 5.30. The zero-order valence-corrected chi connectivity index (χ0v) is 27.7. The van der Waals surface area contributed by atoms with Crippen molar-refractivity contribution in [1.29, 1.82) is 0 Å². The number of benzene rings is 6. The molecule has 0 saturated carbocycles. The maximum Gasteiger partial charge on any atom is 0.0559 e. The smallest absolute Gasteiger partial charge is 0.0559 e. The number of rotatable bonds is 6. The predicted octanol–water partition coefficient (Wildman–Crippen LogP) is 12.3. The highest BCUT2D eigenvalue weighted by Crippen LogP contribution is 2.38. The second kappa shape index (κ2) is 12.3. The lowest BCUT2D eigenvalue weighted by Gasteiger charge is -2.33. The largest absolute Gasteiger partial charge is 0.344 e. The van der Waals surface area contributed by atoms with Gasteiger partial charge in [0.1, 0.15) is 0 Å². The number of hydrogen-bond donors (Lipinski definition) is 0. The molecule has 2 aliphatic rings. The number of allylic oxidation sites excluding steroid dienone is 6. The molecule has 0 fully saturated rings. The van der Waals surface area contributed by atoms with Gasteiger partial charge in [-0.25, -0.2) is 0 Å². The molecule has 0 radical (unpaired) electrons. The number of aryl methyl sites for hydroxylation is 1. The summed E-state index contributed by atoms with van der Waals surface area (Å²) in [5, 5.41) is 5.27. The molecule has 2 unspecified atom stereocenters. The lowest BCUT2D eigenvalue weighted by molar-refractivity contribution is 0.784. The Morgan fingerprint density at radius 1 is 0.592 bits per heavy atom. The van der Waals surface area contributed by atoms with Crippen LogP contribution in [0.5, 0.6) is 0 Å². The van der Waals surface area contributed by atoms with E-state index in [1.165, 1.54) is 71.8 Å². The number of fused-ring (bicyclic) bond motifs is 5. The second-order valence-electron chi connectivity index (χ2n) is 13.3. The average Bonchev–Trinajstić information content (AvgIpc) is 3.47. The molecule has 0 saturated heterocycles. The van der Waals surface area contributed by atoms with E-state index in [9.17, 15) is 0 Å². The lowest BCUT2D eigenvalue weighted by atomic mass is 9.88. The number of aromatic nitrogens is 1. The van der Waals surface area contributed by atoms with Gasteiger partial charge in [0.2, 0.25) is 0 Å². The number of anilines is 2. The van der Waals surface area contributed by atoms with Gasteiger partial charge in [-0.05, 0) is 87.8 Å². The zero-order chi connectivity index (χ0) is 32.7. The summed E-state index contributed by atoms with van der Waals surface area (Å²) in [7, 11) is 2.19. The van der Waals surface area contributed by atoms with E-state index in [0.717, 1.165) is 12.8 Å². The van der Waals surface area contributed by atoms with Crippen LogP contribution in [0, 0.1) is 0 Å². The molecule has 236 valence electrons. The summed E-state index contributed by atoms with van der Waals surface area (Å²) < 4.78 is 2.35. The molecule has 1 aromatic heterocycles. The lowest BCUT2D eigenvalue weighted by Crippen LogP contribution is -2.29. The van der Waals surface area contributed by atoms with Crippen molar-refractivity contribution in [3.63, 3.8) is 0 Å². The van der Waals surface area contributed by atoms with Crippen LogP contribution in [0.1, 0.15) is 29.9 Å². The summed E-state index contributed by atoms with van der Waals surface area (Å²) in [6.45, 7) is 0. The first-order valence-electron chi connectivity index (χ1n) is 17.4. The minimum Gasteiger partial charge on any atom is -0.344 e. The first-order chi connectivity index (χ1) is 24.2. The van der Waals surface area contributed by atoms with Crippen molar-refractivity contribution < 1.29 is 0 Å². The molecule has 2 aliphatic carbocycles. The molecule has 2 heteroatoms. The summed E-state index contributed by atoms with van der Waals surface area (Å²) in [5.74, 6) is 0.363. The van der Waals surface area contributed by atoms with Gasteiger partial charge in [0, 0.05) is 46.1 Å². The van der Waals surface area contributed by atoms with Crippen LogP contribution in [0.15, 0.2) is 176 Å². The molecule has 1 heterocycles. The molecule has 2 atom stereocenters. The Bertz CT molecular complexity index is 2440. The van der Waals surface area contributed by atoms with Crippen LogP contribution >= 0.6 is 0 Å². The van der Waals surface area contributed by atoms with Crippen molar-refractivity contribution in [2.24, 2.45) is 7.05 Å². The van der Waals surface area contributed by atoms with E-state index >= 15 is 0 Å². The first-order valence-corrected chi connectivity index (χ1v) is 17.4. The molecule has 7 aromatic rings. The van der Waals surface area contributed by atoms with E-state index in [-0.39, 0.29) is 6.04 Å². The third-order valence-electron chi connectivity index (χ3n) is 10.5. The molecule has 2 nitrogen and oxygen atoms in total. The van der Waals surface area contributed by atoms with Gasteiger partial charge in [-0.1, -0.05) is 140 Å². The van der Waals surface area contributed by atoms with Crippen LogP contribution in [-0.4, -0.2) is 10.6 Å². The van der Waals surface area contributed by atoms with Gasteiger partial charge in [-0.3, -0.25) is 0 Å². The Hall–Kier alpha value is -5.86. The molecule has 9 rings (SSSR count). The van der Waals surface area contributed by atoms with Crippen LogP contribution in [-0.2, 0) is 7.05 Å².